The quantitative estimate of drug-likeness (QED) is 0.758. The third-order valence-corrected chi connectivity index (χ3v) is 5.56. The summed E-state index contributed by atoms with van der Waals surface area (Å²) < 4.78 is 74.3. The van der Waals surface area contributed by atoms with Crippen LogP contribution in [-0.2, 0) is 22.7 Å². The van der Waals surface area contributed by atoms with E-state index in [9.17, 15) is 21.6 Å². The summed E-state index contributed by atoms with van der Waals surface area (Å²) in [6.07, 6.45) is -4.52. The molecule has 0 aliphatic rings. The fourth-order valence-electron chi connectivity index (χ4n) is 2.32. The first-order chi connectivity index (χ1) is 12.1. The van der Waals surface area contributed by atoms with Crippen molar-refractivity contribution in [3.63, 3.8) is 0 Å². The number of alkyl halides is 3. The maximum atomic E-state index is 12.6. The molecule has 2 aromatic carbocycles. The predicted molar refractivity (Wildman–Crippen MR) is 89.6 cm³/mol. The Balaban J connectivity index is 2.24. The van der Waals surface area contributed by atoms with Gasteiger partial charge in [-0.15, -0.1) is 0 Å². The minimum atomic E-state index is -4.52. The lowest BCUT2D eigenvalue weighted by Crippen LogP contribution is -2.26. The van der Waals surface area contributed by atoms with Crippen LogP contribution in [0.25, 0.3) is 0 Å². The fourth-order valence-corrected chi connectivity index (χ4v) is 3.48. The minimum absolute atomic E-state index is 0.0176. The summed E-state index contributed by atoms with van der Waals surface area (Å²) in [5.41, 5.74) is -0.264. The molecule has 0 fully saturated rings. The van der Waals surface area contributed by atoms with E-state index in [0.29, 0.717) is 17.1 Å². The molecule has 0 saturated carbocycles. The second-order valence-electron chi connectivity index (χ2n) is 5.47. The largest absolute Gasteiger partial charge is 0.493 e. The number of halogens is 3. The Morgan fingerprint density at radius 2 is 1.54 bits per heavy atom. The highest BCUT2D eigenvalue weighted by Gasteiger charge is 2.31. The van der Waals surface area contributed by atoms with Crippen LogP contribution in [0.3, 0.4) is 0 Å². The second kappa shape index (κ2) is 7.55. The molecule has 0 aliphatic carbocycles. The van der Waals surface area contributed by atoms with Crippen LogP contribution < -0.4 is 9.47 Å². The number of nitrogens with zero attached hydrogens (tertiary/aromatic N) is 1. The van der Waals surface area contributed by atoms with Crippen LogP contribution >= 0.6 is 0 Å². The van der Waals surface area contributed by atoms with Gasteiger partial charge < -0.3 is 9.47 Å². The van der Waals surface area contributed by atoms with Gasteiger partial charge in [0.2, 0.25) is 10.0 Å². The molecule has 142 valence electrons. The molecule has 0 radical (unpaired) electrons. The summed E-state index contributed by atoms with van der Waals surface area (Å²) in [6.45, 7) is 0.0176. The number of sulfonamides is 1. The Hall–Kier alpha value is -2.26. The minimum Gasteiger partial charge on any atom is -0.493 e. The van der Waals surface area contributed by atoms with Gasteiger partial charge in [0.25, 0.3) is 0 Å². The van der Waals surface area contributed by atoms with Crippen LogP contribution in [0.4, 0.5) is 13.2 Å². The van der Waals surface area contributed by atoms with Crippen LogP contribution in [0.5, 0.6) is 11.5 Å². The van der Waals surface area contributed by atoms with E-state index >= 15 is 0 Å². The lowest BCUT2D eigenvalue weighted by Gasteiger charge is -2.18. The highest BCUT2D eigenvalue weighted by molar-refractivity contribution is 7.89. The Morgan fingerprint density at radius 3 is 2.04 bits per heavy atom. The molecule has 0 amide bonds. The molecule has 2 rings (SSSR count). The lowest BCUT2D eigenvalue weighted by atomic mass is 10.2. The summed E-state index contributed by atoms with van der Waals surface area (Å²) in [7, 11) is 0.358. The van der Waals surface area contributed by atoms with Crippen LogP contribution in [0, 0.1) is 0 Å². The molecule has 0 bridgehead atoms. The number of ether oxygens (including phenoxy) is 2. The van der Waals surface area contributed by atoms with Crippen molar-refractivity contribution < 1.29 is 31.1 Å². The second-order valence-corrected chi connectivity index (χ2v) is 7.52. The van der Waals surface area contributed by atoms with Crippen molar-refractivity contribution in [2.45, 2.75) is 17.6 Å². The SMILES string of the molecule is COc1ccc(CN(C)S(=O)(=O)c2ccc(C(F)(F)F)cc2)cc1OC. The Morgan fingerprint density at radius 1 is 0.962 bits per heavy atom. The van der Waals surface area contributed by atoms with Crippen LogP contribution in [0.15, 0.2) is 47.4 Å². The normalized spacial score (nSPS) is 12.3. The van der Waals surface area contributed by atoms with Crippen LogP contribution in [0.1, 0.15) is 11.1 Å². The maximum absolute atomic E-state index is 12.6. The van der Waals surface area contributed by atoms with Gasteiger partial charge in [-0.25, -0.2) is 8.42 Å². The molecule has 0 atom stereocenters. The summed E-state index contributed by atoms with van der Waals surface area (Å²) in [5.74, 6) is 0.954. The molecule has 9 heteroatoms. The van der Waals surface area contributed by atoms with Crippen molar-refractivity contribution in [3.8, 4) is 11.5 Å². The van der Waals surface area contributed by atoms with E-state index in [4.69, 9.17) is 9.47 Å². The number of rotatable bonds is 6. The topological polar surface area (TPSA) is 55.8 Å². The van der Waals surface area contributed by atoms with Gasteiger partial charge in [-0.2, -0.15) is 17.5 Å². The van der Waals surface area contributed by atoms with E-state index in [1.807, 2.05) is 0 Å². The zero-order valence-corrected chi connectivity index (χ0v) is 15.2. The highest BCUT2D eigenvalue weighted by Crippen LogP contribution is 2.31. The van der Waals surface area contributed by atoms with Crippen molar-refractivity contribution >= 4 is 10.0 Å². The molecule has 0 spiro atoms. The third kappa shape index (κ3) is 4.28. The maximum Gasteiger partial charge on any atom is 0.416 e. The molecule has 0 N–H and O–H groups in total. The number of hydrogen-bond donors (Lipinski definition) is 0. The van der Waals surface area contributed by atoms with E-state index in [1.54, 1.807) is 18.2 Å². The van der Waals surface area contributed by atoms with Gasteiger partial charge >= 0.3 is 6.18 Å². The summed E-state index contributed by atoms with van der Waals surface area (Å²) in [4.78, 5) is -0.214. The summed E-state index contributed by atoms with van der Waals surface area (Å²) in [6, 6.07) is 8.35. The smallest absolute Gasteiger partial charge is 0.416 e. The van der Waals surface area contributed by atoms with Gasteiger partial charge in [0.15, 0.2) is 11.5 Å². The molecule has 0 unspecified atom stereocenters. The van der Waals surface area contributed by atoms with Crippen molar-refractivity contribution in [2.24, 2.45) is 0 Å². The average molecular weight is 389 g/mol. The average Bonchev–Trinajstić information content (AvgIpc) is 2.60. The summed E-state index contributed by atoms with van der Waals surface area (Å²) >= 11 is 0. The Kier molecular flexibility index (Phi) is 5.82. The molecule has 0 heterocycles. The van der Waals surface area contributed by atoms with Crippen molar-refractivity contribution in [2.75, 3.05) is 21.3 Å². The Bertz CT molecular complexity index is 865. The van der Waals surface area contributed by atoms with Gasteiger partial charge in [-0.1, -0.05) is 6.07 Å². The molecule has 5 nitrogen and oxygen atoms in total. The third-order valence-electron chi connectivity index (χ3n) is 3.74. The van der Waals surface area contributed by atoms with Gasteiger partial charge in [0.1, 0.15) is 0 Å². The predicted octanol–water partition coefficient (Wildman–Crippen LogP) is 3.54. The molecule has 0 aromatic heterocycles. The van der Waals surface area contributed by atoms with E-state index in [1.165, 1.54) is 21.3 Å². The monoisotopic (exact) mass is 389 g/mol. The zero-order chi connectivity index (χ0) is 19.5. The first-order valence-electron chi connectivity index (χ1n) is 7.44. The Labute approximate surface area is 150 Å². The van der Waals surface area contributed by atoms with Gasteiger partial charge in [-0.05, 0) is 42.0 Å². The fraction of sp³-hybridized carbons (Fsp3) is 0.294. The molecular formula is C17H18F3NO4S. The van der Waals surface area contributed by atoms with Crippen molar-refractivity contribution in [1.82, 2.24) is 4.31 Å². The van der Waals surface area contributed by atoms with E-state index in [2.05, 4.69) is 0 Å². The molecular weight excluding hydrogens is 371 g/mol. The first-order valence-corrected chi connectivity index (χ1v) is 8.88. The van der Waals surface area contributed by atoms with E-state index in [-0.39, 0.29) is 11.4 Å². The molecule has 2 aromatic rings. The molecule has 26 heavy (non-hydrogen) atoms. The number of methoxy groups -OCH3 is 2. The van der Waals surface area contributed by atoms with Crippen molar-refractivity contribution in [1.29, 1.82) is 0 Å². The van der Waals surface area contributed by atoms with Gasteiger partial charge in [0, 0.05) is 13.6 Å². The summed E-state index contributed by atoms with van der Waals surface area (Å²) in [5, 5.41) is 0. The van der Waals surface area contributed by atoms with E-state index in [0.717, 1.165) is 28.6 Å². The first kappa shape index (κ1) is 20.1. The van der Waals surface area contributed by atoms with Crippen LogP contribution in [0.2, 0.25) is 0 Å². The van der Waals surface area contributed by atoms with Crippen molar-refractivity contribution in [3.05, 3.63) is 53.6 Å². The van der Waals surface area contributed by atoms with Gasteiger partial charge in [0.05, 0.1) is 24.7 Å². The number of hydrogen-bond acceptors (Lipinski definition) is 4. The number of benzene rings is 2. The van der Waals surface area contributed by atoms with Crippen LogP contribution in [-0.4, -0.2) is 34.0 Å². The molecule has 0 aliphatic heterocycles. The zero-order valence-electron chi connectivity index (χ0n) is 14.4. The highest BCUT2D eigenvalue weighted by atomic mass is 32.2. The lowest BCUT2D eigenvalue weighted by molar-refractivity contribution is -0.137. The standard InChI is InChI=1S/C17H18F3NO4S/c1-21(11-12-4-9-15(24-2)16(10-12)25-3)26(22,23)14-7-5-13(6-8-14)17(18,19)20/h4-10H,11H2,1-3H3. The van der Waals surface area contributed by atoms with E-state index < -0.39 is 21.8 Å². The van der Waals surface area contributed by atoms with Gasteiger partial charge in [-0.3, -0.25) is 0 Å². The molecule has 0 saturated heterocycles.